The van der Waals surface area contributed by atoms with Crippen molar-refractivity contribution < 1.29 is 0 Å². The molecule has 1 saturated heterocycles. The van der Waals surface area contributed by atoms with Gasteiger partial charge in [-0.2, -0.15) is 11.8 Å². The first-order valence-electron chi connectivity index (χ1n) is 6.46. The van der Waals surface area contributed by atoms with Crippen LogP contribution in [-0.4, -0.2) is 48.6 Å². The Balaban J connectivity index is 2.02. The molecule has 2 heterocycles. The van der Waals surface area contributed by atoms with Crippen molar-refractivity contribution in [3.63, 3.8) is 0 Å². The molecule has 1 aromatic heterocycles. The highest BCUT2D eigenvalue weighted by molar-refractivity contribution is 7.99. The van der Waals surface area contributed by atoms with Crippen molar-refractivity contribution in [3.05, 3.63) is 21.3 Å². The molecule has 2 nitrogen and oxygen atoms in total. The van der Waals surface area contributed by atoms with Gasteiger partial charge in [-0.05, 0) is 32.1 Å². The number of nitrogens with zero attached hydrogens (tertiary/aromatic N) is 1. The molecule has 0 radical (unpaired) electrons. The molecule has 0 amide bonds. The van der Waals surface area contributed by atoms with Crippen LogP contribution in [0, 0.1) is 0 Å². The molecule has 0 aliphatic carbocycles. The van der Waals surface area contributed by atoms with Gasteiger partial charge in [0.15, 0.2) is 0 Å². The van der Waals surface area contributed by atoms with Crippen molar-refractivity contribution >= 4 is 34.7 Å². The average Bonchev–Trinajstić information content (AvgIpc) is 2.75. The minimum atomic E-state index is 0.530. The van der Waals surface area contributed by atoms with Crippen molar-refractivity contribution in [2.75, 3.05) is 31.6 Å². The first-order valence-corrected chi connectivity index (χ1v) is 8.81. The monoisotopic (exact) mass is 304 g/mol. The van der Waals surface area contributed by atoms with Crippen LogP contribution < -0.4 is 5.32 Å². The Morgan fingerprint density at radius 2 is 2.39 bits per heavy atom. The van der Waals surface area contributed by atoms with E-state index in [4.69, 9.17) is 11.6 Å². The summed E-state index contributed by atoms with van der Waals surface area (Å²) < 4.78 is 0.895. The maximum Gasteiger partial charge on any atom is 0.0931 e. The highest BCUT2D eigenvalue weighted by Gasteiger charge is 2.27. The molecule has 1 aliphatic heterocycles. The Hall–Kier alpha value is 0.260. The van der Waals surface area contributed by atoms with E-state index in [1.807, 2.05) is 6.07 Å². The van der Waals surface area contributed by atoms with Crippen LogP contribution in [0.1, 0.15) is 11.8 Å². The zero-order valence-corrected chi connectivity index (χ0v) is 13.4. The van der Waals surface area contributed by atoms with E-state index in [1.165, 1.54) is 22.9 Å². The van der Waals surface area contributed by atoms with Crippen LogP contribution in [0.25, 0.3) is 0 Å². The summed E-state index contributed by atoms with van der Waals surface area (Å²) in [6, 6.07) is 5.32. The zero-order chi connectivity index (χ0) is 13.0. The Morgan fingerprint density at radius 1 is 1.56 bits per heavy atom. The summed E-state index contributed by atoms with van der Waals surface area (Å²) >= 11 is 9.80. The van der Waals surface area contributed by atoms with Crippen LogP contribution in [0.2, 0.25) is 4.34 Å². The van der Waals surface area contributed by atoms with Crippen LogP contribution in [0.3, 0.4) is 0 Å². The van der Waals surface area contributed by atoms with Crippen molar-refractivity contribution in [3.8, 4) is 0 Å². The molecule has 1 aliphatic rings. The fourth-order valence-corrected chi connectivity index (χ4v) is 4.87. The van der Waals surface area contributed by atoms with E-state index in [-0.39, 0.29) is 0 Å². The highest BCUT2D eigenvalue weighted by Crippen LogP contribution is 2.25. The lowest BCUT2D eigenvalue weighted by atomic mass is 10.0. The van der Waals surface area contributed by atoms with Gasteiger partial charge in [0.05, 0.1) is 4.34 Å². The molecule has 0 spiro atoms. The van der Waals surface area contributed by atoms with Crippen molar-refractivity contribution in [1.82, 2.24) is 10.2 Å². The largest absolute Gasteiger partial charge is 0.312 e. The summed E-state index contributed by atoms with van der Waals surface area (Å²) in [5.74, 6) is 2.49. The molecule has 0 saturated carbocycles. The average molecular weight is 305 g/mol. The lowest BCUT2D eigenvalue weighted by Crippen LogP contribution is -2.53. The Bertz CT molecular complexity index is 370. The third kappa shape index (κ3) is 3.87. The summed E-state index contributed by atoms with van der Waals surface area (Å²) in [7, 11) is 2.25. The number of rotatable bonds is 5. The Labute approximate surface area is 123 Å². The van der Waals surface area contributed by atoms with Crippen LogP contribution in [0.5, 0.6) is 0 Å². The second-order valence-electron chi connectivity index (χ2n) is 4.70. The number of halogens is 1. The minimum absolute atomic E-state index is 0.530. The van der Waals surface area contributed by atoms with Crippen LogP contribution >= 0.6 is 34.7 Å². The Kier molecular flexibility index (Phi) is 5.83. The zero-order valence-electron chi connectivity index (χ0n) is 11.0. The van der Waals surface area contributed by atoms with Gasteiger partial charge in [-0.25, -0.2) is 0 Å². The van der Waals surface area contributed by atoms with Gasteiger partial charge in [0.1, 0.15) is 0 Å². The predicted molar refractivity (Wildman–Crippen MR) is 84.2 cm³/mol. The summed E-state index contributed by atoms with van der Waals surface area (Å²) in [6.07, 6.45) is 1.08. The third-order valence-corrected chi connectivity index (χ3v) is 5.73. The molecule has 0 bridgehead atoms. The van der Waals surface area contributed by atoms with Crippen LogP contribution in [0.4, 0.5) is 0 Å². The second kappa shape index (κ2) is 7.15. The number of thiophene rings is 1. The number of likely N-dealkylation sites (N-methyl/N-ethyl adjacent to an activating group) is 2. The molecule has 1 fully saturated rings. The second-order valence-corrected chi connectivity index (χ2v) is 7.65. The molecule has 5 heteroatoms. The molecule has 2 atom stereocenters. The molecule has 2 rings (SSSR count). The SMILES string of the molecule is CCNC(Cc1ccc(Cl)s1)C1CSCCN1C. The molecule has 0 aromatic carbocycles. The van der Waals surface area contributed by atoms with E-state index in [0.29, 0.717) is 12.1 Å². The smallest absolute Gasteiger partial charge is 0.0931 e. The van der Waals surface area contributed by atoms with Gasteiger partial charge in [0, 0.05) is 35.0 Å². The number of hydrogen-bond donors (Lipinski definition) is 1. The van der Waals surface area contributed by atoms with Gasteiger partial charge in [0.2, 0.25) is 0 Å². The highest BCUT2D eigenvalue weighted by atomic mass is 35.5. The molecular formula is C13H21ClN2S2. The molecule has 2 unspecified atom stereocenters. The van der Waals surface area contributed by atoms with Crippen molar-refractivity contribution in [2.45, 2.75) is 25.4 Å². The van der Waals surface area contributed by atoms with E-state index < -0.39 is 0 Å². The lowest BCUT2D eigenvalue weighted by Gasteiger charge is -2.38. The van der Waals surface area contributed by atoms with Crippen molar-refractivity contribution in [2.24, 2.45) is 0 Å². The van der Waals surface area contributed by atoms with Gasteiger partial charge in [-0.3, -0.25) is 0 Å². The summed E-state index contributed by atoms with van der Waals surface area (Å²) in [6.45, 7) is 4.41. The molecular weight excluding hydrogens is 284 g/mol. The molecule has 102 valence electrons. The van der Waals surface area contributed by atoms with E-state index in [9.17, 15) is 0 Å². The summed E-state index contributed by atoms with van der Waals surface area (Å²) in [4.78, 5) is 3.88. The van der Waals surface area contributed by atoms with Gasteiger partial charge >= 0.3 is 0 Å². The number of nitrogens with one attached hydrogen (secondary N) is 1. The summed E-state index contributed by atoms with van der Waals surface area (Å²) in [5.41, 5.74) is 0. The maximum absolute atomic E-state index is 6.02. The normalized spacial score (nSPS) is 23.2. The minimum Gasteiger partial charge on any atom is -0.312 e. The van der Waals surface area contributed by atoms with Crippen LogP contribution in [-0.2, 0) is 6.42 Å². The first-order chi connectivity index (χ1) is 8.70. The molecule has 1 aromatic rings. The lowest BCUT2D eigenvalue weighted by molar-refractivity contribution is 0.215. The van der Waals surface area contributed by atoms with Gasteiger partial charge in [-0.15, -0.1) is 11.3 Å². The fraction of sp³-hybridized carbons (Fsp3) is 0.692. The fourth-order valence-electron chi connectivity index (χ4n) is 2.41. The molecule has 1 N–H and O–H groups in total. The van der Waals surface area contributed by atoms with Gasteiger partial charge < -0.3 is 10.2 Å². The quantitative estimate of drug-likeness (QED) is 0.900. The van der Waals surface area contributed by atoms with Crippen molar-refractivity contribution in [1.29, 1.82) is 0 Å². The topological polar surface area (TPSA) is 15.3 Å². The summed E-state index contributed by atoms with van der Waals surface area (Å²) in [5, 5.41) is 3.65. The van der Waals surface area contributed by atoms with E-state index in [0.717, 1.165) is 17.3 Å². The van der Waals surface area contributed by atoms with Crippen LogP contribution in [0.15, 0.2) is 12.1 Å². The maximum atomic E-state index is 6.02. The third-order valence-electron chi connectivity index (χ3n) is 3.42. The van der Waals surface area contributed by atoms with E-state index >= 15 is 0 Å². The Morgan fingerprint density at radius 3 is 3.00 bits per heavy atom. The standard InChI is InChI=1S/C13H21ClN2S2/c1-3-15-11(8-10-4-5-13(14)18-10)12-9-17-7-6-16(12)2/h4-5,11-12,15H,3,6-9H2,1-2H3. The predicted octanol–water partition coefficient (Wildman–Crippen LogP) is 2.97. The number of thioether (sulfide) groups is 1. The van der Waals surface area contributed by atoms with Gasteiger partial charge in [-0.1, -0.05) is 18.5 Å². The first kappa shape index (κ1) is 14.7. The van der Waals surface area contributed by atoms with E-state index in [1.54, 1.807) is 11.3 Å². The van der Waals surface area contributed by atoms with Gasteiger partial charge in [0.25, 0.3) is 0 Å². The van der Waals surface area contributed by atoms with E-state index in [2.05, 4.69) is 42.0 Å². The number of hydrogen-bond acceptors (Lipinski definition) is 4. The molecule has 18 heavy (non-hydrogen) atoms.